The van der Waals surface area contributed by atoms with Crippen molar-refractivity contribution in [3.63, 3.8) is 0 Å². The molecule has 0 aliphatic rings. The van der Waals surface area contributed by atoms with Gasteiger partial charge < -0.3 is 9.64 Å². The van der Waals surface area contributed by atoms with Crippen LogP contribution in [0.5, 0.6) is 5.75 Å². The van der Waals surface area contributed by atoms with Gasteiger partial charge in [0.2, 0.25) is 0 Å². The number of hydrogen-bond donors (Lipinski definition) is 0. The van der Waals surface area contributed by atoms with Crippen molar-refractivity contribution in [1.82, 2.24) is 4.90 Å². The molecule has 1 aromatic carbocycles. The average Bonchev–Trinajstić information content (AvgIpc) is 2.15. The van der Waals surface area contributed by atoms with Crippen molar-refractivity contribution in [3.8, 4) is 5.75 Å². The van der Waals surface area contributed by atoms with Crippen molar-refractivity contribution in [2.75, 3.05) is 20.7 Å². The SMILES string of the molecule is Cc1cc(Cl)ccc1OCC(=O)N(C)C. The Bertz CT molecular complexity index is 364. The lowest BCUT2D eigenvalue weighted by Gasteiger charge is -2.12. The zero-order valence-corrected chi connectivity index (χ0v) is 9.84. The first-order valence-electron chi connectivity index (χ1n) is 4.60. The lowest BCUT2D eigenvalue weighted by Crippen LogP contribution is -2.27. The van der Waals surface area contributed by atoms with Crippen LogP contribution in [0.4, 0.5) is 0 Å². The molecule has 0 aliphatic heterocycles. The minimum absolute atomic E-state index is 0.0511. The molecule has 0 atom stereocenters. The maximum atomic E-state index is 11.3. The summed E-state index contributed by atoms with van der Waals surface area (Å²) in [7, 11) is 3.39. The van der Waals surface area contributed by atoms with Gasteiger partial charge in [0.25, 0.3) is 5.91 Å². The lowest BCUT2D eigenvalue weighted by molar-refractivity contribution is -0.130. The maximum Gasteiger partial charge on any atom is 0.259 e. The van der Waals surface area contributed by atoms with Crippen LogP contribution in [-0.2, 0) is 4.79 Å². The Balaban J connectivity index is 2.62. The second-order valence-corrected chi connectivity index (χ2v) is 3.92. The average molecular weight is 228 g/mol. The van der Waals surface area contributed by atoms with Crippen LogP contribution in [0.3, 0.4) is 0 Å². The molecule has 1 rings (SSSR count). The van der Waals surface area contributed by atoms with E-state index < -0.39 is 0 Å². The van der Waals surface area contributed by atoms with Gasteiger partial charge in [-0.05, 0) is 30.7 Å². The number of nitrogens with zero attached hydrogens (tertiary/aromatic N) is 1. The fourth-order valence-electron chi connectivity index (χ4n) is 1.04. The number of halogens is 1. The minimum atomic E-state index is -0.0654. The number of benzene rings is 1. The maximum absolute atomic E-state index is 11.3. The third kappa shape index (κ3) is 3.44. The number of rotatable bonds is 3. The van der Waals surface area contributed by atoms with E-state index in [-0.39, 0.29) is 12.5 Å². The molecule has 0 N–H and O–H groups in total. The summed E-state index contributed by atoms with van der Waals surface area (Å²) in [6.07, 6.45) is 0. The fourth-order valence-corrected chi connectivity index (χ4v) is 1.27. The molecular formula is C11H14ClNO2. The predicted octanol–water partition coefficient (Wildman–Crippen LogP) is 2.12. The molecule has 4 heteroatoms. The van der Waals surface area contributed by atoms with Crippen LogP contribution in [-0.4, -0.2) is 31.5 Å². The Kier molecular flexibility index (Phi) is 3.97. The van der Waals surface area contributed by atoms with Crippen molar-refractivity contribution < 1.29 is 9.53 Å². The van der Waals surface area contributed by atoms with Crippen LogP contribution in [0, 0.1) is 6.92 Å². The molecule has 0 heterocycles. The van der Waals surface area contributed by atoms with Crippen molar-refractivity contribution in [3.05, 3.63) is 28.8 Å². The Labute approximate surface area is 94.6 Å². The van der Waals surface area contributed by atoms with E-state index in [0.29, 0.717) is 10.8 Å². The van der Waals surface area contributed by atoms with Crippen LogP contribution in [0.25, 0.3) is 0 Å². The number of aryl methyl sites for hydroxylation is 1. The Hall–Kier alpha value is -1.22. The van der Waals surface area contributed by atoms with Crippen LogP contribution < -0.4 is 4.74 Å². The van der Waals surface area contributed by atoms with E-state index >= 15 is 0 Å². The van der Waals surface area contributed by atoms with Crippen molar-refractivity contribution in [2.24, 2.45) is 0 Å². The third-order valence-corrected chi connectivity index (χ3v) is 2.22. The molecule has 82 valence electrons. The predicted molar refractivity (Wildman–Crippen MR) is 60.4 cm³/mol. The summed E-state index contributed by atoms with van der Waals surface area (Å²) in [6.45, 7) is 1.94. The quantitative estimate of drug-likeness (QED) is 0.792. The molecule has 0 bridgehead atoms. The Morgan fingerprint density at radius 1 is 1.47 bits per heavy atom. The number of carbonyl (C=O) groups excluding carboxylic acids is 1. The molecule has 0 fully saturated rings. The van der Waals surface area contributed by atoms with E-state index in [0.717, 1.165) is 5.56 Å². The highest BCUT2D eigenvalue weighted by molar-refractivity contribution is 6.30. The molecule has 0 aromatic heterocycles. The van der Waals surface area contributed by atoms with Gasteiger partial charge in [0.15, 0.2) is 6.61 Å². The smallest absolute Gasteiger partial charge is 0.259 e. The van der Waals surface area contributed by atoms with Gasteiger partial charge in [-0.2, -0.15) is 0 Å². The molecule has 0 spiro atoms. The van der Waals surface area contributed by atoms with Gasteiger partial charge in [-0.3, -0.25) is 4.79 Å². The monoisotopic (exact) mass is 227 g/mol. The lowest BCUT2D eigenvalue weighted by atomic mass is 10.2. The van der Waals surface area contributed by atoms with Crippen LogP contribution >= 0.6 is 11.6 Å². The molecule has 1 aromatic rings. The van der Waals surface area contributed by atoms with Gasteiger partial charge in [0.05, 0.1) is 0 Å². The van der Waals surface area contributed by atoms with Gasteiger partial charge in [-0.1, -0.05) is 11.6 Å². The van der Waals surface area contributed by atoms with E-state index in [1.165, 1.54) is 4.90 Å². The first kappa shape index (κ1) is 11.9. The van der Waals surface area contributed by atoms with E-state index in [9.17, 15) is 4.79 Å². The van der Waals surface area contributed by atoms with E-state index in [1.807, 2.05) is 6.92 Å². The molecule has 0 aliphatic carbocycles. The normalized spacial score (nSPS) is 9.87. The largest absolute Gasteiger partial charge is 0.483 e. The molecule has 0 saturated carbocycles. The van der Waals surface area contributed by atoms with Gasteiger partial charge in [0, 0.05) is 19.1 Å². The second kappa shape index (κ2) is 5.03. The summed E-state index contributed by atoms with van der Waals surface area (Å²) in [5.74, 6) is 0.624. The minimum Gasteiger partial charge on any atom is -0.483 e. The zero-order valence-electron chi connectivity index (χ0n) is 9.08. The fraction of sp³-hybridized carbons (Fsp3) is 0.364. The van der Waals surface area contributed by atoms with Gasteiger partial charge in [-0.25, -0.2) is 0 Å². The van der Waals surface area contributed by atoms with Crippen molar-refractivity contribution in [2.45, 2.75) is 6.92 Å². The summed E-state index contributed by atoms with van der Waals surface area (Å²) >= 11 is 5.80. The highest BCUT2D eigenvalue weighted by Gasteiger charge is 2.06. The zero-order chi connectivity index (χ0) is 11.4. The first-order valence-corrected chi connectivity index (χ1v) is 4.97. The summed E-state index contributed by atoms with van der Waals surface area (Å²) in [5, 5.41) is 0.666. The highest BCUT2D eigenvalue weighted by atomic mass is 35.5. The van der Waals surface area contributed by atoms with Gasteiger partial charge in [0.1, 0.15) is 5.75 Å². The van der Waals surface area contributed by atoms with Crippen LogP contribution in [0.15, 0.2) is 18.2 Å². The van der Waals surface area contributed by atoms with Gasteiger partial charge >= 0.3 is 0 Å². The van der Waals surface area contributed by atoms with E-state index in [4.69, 9.17) is 16.3 Å². The molecule has 0 unspecified atom stereocenters. The second-order valence-electron chi connectivity index (χ2n) is 3.49. The number of hydrogen-bond acceptors (Lipinski definition) is 2. The summed E-state index contributed by atoms with van der Waals surface area (Å²) < 4.78 is 5.37. The third-order valence-electron chi connectivity index (χ3n) is 1.99. The summed E-state index contributed by atoms with van der Waals surface area (Å²) in [5.41, 5.74) is 0.925. The molecule has 0 radical (unpaired) electrons. The van der Waals surface area contributed by atoms with Crippen molar-refractivity contribution >= 4 is 17.5 Å². The molecule has 15 heavy (non-hydrogen) atoms. The first-order chi connectivity index (χ1) is 7.00. The standard InChI is InChI=1S/C11H14ClNO2/c1-8-6-9(12)4-5-10(8)15-7-11(14)13(2)3/h4-6H,7H2,1-3H3. The number of ether oxygens (including phenoxy) is 1. The van der Waals surface area contributed by atoms with Crippen LogP contribution in [0.1, 0.15) is 5.56 Å². The Morgan fingerprint density at radius 3 is 2.67 bits per heavy atom. The molecular weight excluding hydrogens is 214 g/mol. The summed E-state index contributed by atoms with van der Waals surface area (Å²) in [4.78, 5) is 12.8. The Morgan fingerprint density at radius 2 is 2.13 bits per heavy atom. The van der Waals surface area contributed by atoms with Crippen LogP contribution in [0.2, 0.25) is 5.02 Å². The molecule has 3 nitrogen and oxygen atoms in total. The molecule has 1 amide bonds. The van der Waals surface area contributed by atoms with Gasteiger partial charge in [-0.15, -0.1) is 0 Å². The van der Waals surface area contributed by atoms with E-state index in [1.54, 1.807) is 32.3 Å². The number of amides is 1. The number of carbonyl (C=O) groups is 1. The molecule has 0 saturated heterocycles. The topological polar surface area (TPSA) is 29.5 Å². The summed E-state index contributed by atoms with van der Waals surface area (Å²) in [6, 6.07) is 5.31. The van der Waals surface area contributed by atoms with E-state index in [2.05, 4.69) is 0 Å². The number of likely N-dealkylation sites (N-methyl/N-ethyl adjacent to an activating group) is 1. The van der Waals surface area contributed by atoms with Crippen molar-refractivity contribution in [1.29, 1.82) is 0 Å². The highest BCUT2D eigenvalue weighted by Crippen LogP contribution is 2.21.